The molecule has 1 saturated carbocycles. The van der Waals surface area contributed by atoms with E-state index in [0.29, 0.717) is 6.54 Å². The van der Waals surface area contributed by atoms with Crippen LogP contribution in [0.1, 0.15) is 36.9 Å². The van der Waals surface area contributed by atoms with Gasteiger partial charge in [-0.05, 0) is 31.4 Å². The third-order valence-electron chi connectivity index (χ3n) is 3.40. The van der Waals surface area contributed by atoms with Crippen LogP contribution in [-0.2, 0) is 6.54 Å². The van der Waals surface area contributed by atoms with Gasteiger partial charge in [-0.3, -0.25) is 4.98 Å². The van der Waals surface area contributed by atoms with E-state index >= 15 is 0 Å². The van der Waals surface area contributed by atoms with Crippen LogP contribution in [0.2, 0.25) is 0 Å². The van der Waals surface area contributed by atoms with Gasteiger partial charge in [0.1, 0.15) is 0 Å². The van der Waals surface area contributed by atoms with Crippen molar-refractivity contribution in [3.63, 3.8) is 0 Å². The summed E-state index contributed by atoms with van der Waals surface area (Å²) in [5, 5.41) is 13.5. The van der Waals surface area contributed by atoms with Gasteiger partial charge in [0.15, 0.2) is 0 Å². The number of hydrogen-bond donors (Lipinski definition) is 2. The molecule has 0 aliphatic heterocycles. The number of nitrogens with zero attached hydrogens (tertiary/aromatic N) is 1. The number of aromatic nitrogens is 1. The van der Waals surface area contributed by atoms with Crippen LogP contribution in [0.3, 0.4) is 0 Å². The van der Waals surface area contributed by atoms with E-state index in [1.807, 2.05) is 12.3 Å². The molecule has 0 amide bonds. The zero-order valence-corrected chi connectivity index (χ0v) is 9.87. The molecule has 1 fully saturated rings. The van der Waals surface area contributed by atoms with Crippen molar-refractivity contribution in [2.45, 2.75) is 44.8 Å². The van der Waals surface area contributed by atoms with Gasteiger partial charge in [0.05, 0.1) is 11.3 Å². The summed E-state index contributed by atoms with van der Waals surface area (Å²) < 4.78 is 0. The van der Waals surface area contributed by atoms with Crippen LogP contribution in [0.15, 0.2) is 18.3 Å². The number of aliphatic hydroxyl groups is 1. The number of rotatable bonds is 4. The van der Waals surface area contributed by atoms with Crippen LogP contribution in [0.25, 0.3) is 0 Å². The molecule has 0 atom stereocenters. The Morgan fingerprint density at radius 3 is 2.88 bits per heavy atom. The van der Waals surface area contributed by atoms with Crippen molar-refractivity contribution >= 4 is 0 Å². The summed E-state index contributed by atoms with van der Waals surface area (Å²) in [4.78, 5) is 4.32. The van der Waals surface area contributed by atoms with Gasteiger partial charge in [0.2, 0.25) is 0 Å². The summed E-state index contributed by atoms with van der Waals surface area (Å²) in [7, 11) is 0. The van der Waals surface area contributed by atoms with Gasteiger partial charge in [0, 0.05) is 19.3 Å². The van der Waals surface area contributed by atoms with Gasteiger partial charge in [-0.2, -0.15) is 0 Å². The van der Waals surface area contributed by atoms with Crippen molar-refractivity contribution in [2.24, 2.45) is 0 Å². The molecule has 0 saturated heterocycles. The van der Waals surface area contributed by atoms with Crippen molar-refractivity contribution in [1.82, 2.24) is 10.3 Å². The first kappa shape index (κ1) is 11.6. The van der Waals surface area contributed by atoms with Crippen LogP contribution in [-0.4, -0.2) is 22.2 Å². The van der Waals surface area contributed by atoms with Crippen LogP contribution < -0.4 is 5.32 Å². The minimum absolute atomic E-state index is 0.470. The molecule has 16 heavy (non-hydrogen) atoms. The fourth-order valence-electron chi connectivity index (χ4n) is 2.33. The van der Waals surface area contributed by atoms with Crippen LogP contribution in [0.5, 0.6) is 0 Å². The van der Waals surface area contributed by atoms with Gasteiger partial charge in [-0.1, -0.05) is 18.9 Å². The van der Waals surface area contributed by atoms with E-state index in [2.05, 4.69) is 23.3 Å². The molecule has 0 aromatic carbocycles. The van der Waals surface area contributed by atoms with E-state index in [0.717, 1.165) is 37.9 Å². The van der Waals surface area contributed by atoms with Gasteiger partial charge in [0.25, 0.3) is 0 Å². The molecule has 0 bridgehead atoms. The monoisotopic (exact) mass is 220 g/mol. The van der Waals surface area contributed by atoms with Crippen molar-refractivity contribution in [3.8, 4) is 0 Å². The van der Waals surface area contributed by atoms with Crippen LogP contribution >= 0.6 is 0 Å². The van der Waals surface area contributed by atoms with Crippen molar-refractivity contribution < 1.29 is 5.11 Å². The lowest BCUT2D eigenvalue weighted by molar-refractivity contribution is 0.0474. The summed E-state index contributed by atoms with van der Waals surface area (Å²) in [5.41, 5.74) is 1.81. The van der Waals surface area contributed by atoms with E-state index in [4.69, 9.17) is 0 Å². The molecule has 3 heteroatoms. The number of aryl methyl sites for hydroxylation is 1. The minimum atomic E-state index is -0.470. The van der Waals surface area contributed by atoms with Gasteiger partial charge in [-0.15, -0.1) is 0 Å². The highest BCUT2D eigenvalue weighted by Gasteiger charge is 2.30. The summed E-state index contributed by atoms with van der Waals surface area (Å²) in [6.45, 7) is 3.49. The summed E-state index contributed by atoms with van der Waals surface area (Å²) in [6, 6.07) is 4.01. The highest BCUT2D eigenvalue weighted by Crippen LogP contribution is 2.28. The van der Waals surface area contributed by atoms with Crippen molar-refractivity contribution in [2.75, 3.05) is 6.54 Å². The SMILES string of the molecule is Cc1cccnc1CNCC1(O)CCCC1. The fourth-order valence-corrected chi connectivity index (χ4v) is 2.33. The molecular weight excluding hydrogens is 200 g/mol. The Morgan fingerprint density at radius 2 is 2.19 bits per heavy atom. The largest absolute Gasteiger partial charge is 0.389 e. The van der Waals surface area contributed by atoms with Gasteiger partial charge in [-0.25, -0.2) is 0 Å². The second-order valence-corrected chi connectivity index (χ2v) is 4.80. The predicted molar refractivity (Wildman–Crippen MR) is 64.1 cm³/mol. The highest BCUT2D eigenvalue weighted by molar-refractivity contribution is 5.17. The Labute approximate surface area is 96.9 Å². The predicted octanol–water partition coefficient (Wildman–Crippen LogP) is 1.78. The van der Waals surface area contributed by atoms with Crippen LogP contribution in [0, 0.1) is 6.92 Å². The lowest BCUT2D eigenvalue weighted by atomic mass is 10.0. The van der Waals surface area contributed by atoms with Gasteiger partial charge >= 0.3 is 0 Å². The van der Waals surface area contributed by atoms with Crippen molar-refractivity contribution in [3.05, 3.63) is 29.6 Å². The third-order valence-corrected chi connectivity index (χ3v) is 3.40. The Bertz CT molecular complexity index is 346. The maximum absolute atomic E-state index is 10.2. The number of hydrogen-bond acceptors (Lipinski definition) is 3. The average Bonchev–Trinajstić information content (AvgIpc) is 2.68. The van der Waals surface area contributed by atoms with Gasteiger partial charge < -0.3 is 10.4 Å². The zero-order valence-electron chi connectivity index (χ0n) is 9.87. The average molecular weight is 220 g/mol. The normalized spacial score (nSPS) is 18.9. The van der Waals surface area contributed by atoms with E-state index in [1.54, 1.807) is 0 Å². The molecule has 2 N–H and O–H groups in total. The molecule has 1 aromatic heterocycles. The van der Waals surface area contributed by atoms with E-state index in [9.17, 15) is 5.11 Å². The first-order chi connectivity index (χ1) is 7.70. The molecule has 1 aliphatic carbocycles. The maximum Gasteiger partial charge on any atom is 0.0771 e. The minimum Gasteiger partial charge on any atom is -0.389 e. The first-order valence-corrected chi connectivity index (χ1v) is 6.03. The summed E-state index contributed by atoms with van der Waals surface area (Å²) in [5.74, 6) is 0. The van der Waals surface area contributed by atoms with Crippen molar-refractivity contribution in [1.29, 1.82) is 0 Å². The lowest BCUT2D eigenvalue weighted by Gasteiger charge is -2.22. The molecule has 88 valence electrons. The fraction of sp³-hybridized carbons (Fsp3) is 0.615. The second-order valence-electron chi connectivity index (χ2n) is 4.80. The molecule has 1 heterocycles. The molecular formula is C13H20N2O. The molecule has 0 unspecified atom stereocenters. The molecule has 1 aliphatic rings. The third kappa shape index (κ3) is 2.80. The van der Waals surface area contributed by atoms with Crippen LogP contribution in [0.4, 0.5) is 0 Å². The molecule has 0 spiro atoms. The summed E-state index contributed by atoms with van der Waals surface area (Å²) >= 11 is 0. The highest BCUT2D eigenvalue weighted by atomic mass is 16.3. The first-order valence-electron chi connectivity index (χ1n) is 6.03. The Morgan fingerprint density at radius 1 is 1.44 bits per heavy atom. The molecule has 3 nitrogen and oxygen atoms in total. The lowest BCUT2D eigenvalue weighted by Crippen LogP contribution is -2.37. The maximum atomic E-state index is 10.2. The molecule has 1 aromatic rings. The zero-order chi connectivity index (χ0) is 11.4. The Kier molecular flexibility index (Phi) is 3.56. The smallest absolute Gasteiger partial charge is 0.0771 e. The quantitative estimate of drug-likeness (QED) is 0.813. The van der Waals surface area contributed by atoms with E-state index in [-0.39, 0.29) is 0 Å². The number of pyridine rings is 1. The van der Waals surface area contributed by atoms with E-state index in [1.165, 1.54) is 5.56 Å². The Balaban J connectivity index is 1.82. The second kappa shape index (κ2) is 4.93. The standard InChI is InChI=1S/C13H20N2O/c1-11-5-4-8-15-12(11)9-14-10-13(16)6-2-3-7-13/h4-5,8,14,16H,2-3,6-7,9-10H2,1H3. The summed E-state index contributed by atoms with van der Waals surface area (Å²) in [6.07, 6.45) is 5.98. The Hall–Kier alpha value is -0.930. The molecule has 0 radical (unpaired) electrons. The van der Waals surface area contributed by atoms with E-state index < -0.39 is 5.60 Å². The number of nitrogens with one attached hydrogen (secondary N) is 1. The topological polar surface area (TPSA) is 45.2 Å². The molecule has 2 rings (SSSR count).